The summed E-state index contributed by atoms with van der Waals surface area (Å²) in [4.78, 5) is 111. The molecule has 1 aromatic heterocycles. The summed E-state index contributed by atoms with van der Waals surface area (Å²) in [7, 11) is 0. The molecule has 0 bridgehead atoms. The van der Waals surface area contributed by atoms with Gasteiger partial charge < -0.3 is 55.3 Å². The van der Waals surface area contributed by atoms with Crippen LogP contribution in [-0.4, -0.2) is 139 Å². The van der Waals surface area contributed by atoms with Gasteiger partial charge in [0.15, 0.2) is 0 Å². The molecule has 0 aliphatic carbocycles. The summed E-state index contributed by atoms with van der Waals surface area (Å²) in [6.45, 7) is 4.56. The maximum atomic E-state index is 12.9. The Kier molecular flexibility index (Phi) is 17.7. The normalized spacial score (nSPS) is 13.8. The maximum absolute atomic E-state index is 12.9. The Hall–Kier alpha value is -6.23. The SMILES string of the molecule is CC(C)C(NC(=O)CCOCCOCCOCCN1C(=O)C=CC1=O)C(=O)NCC(=O)Nc1ccc(COC(=O)N2CCc3c(sc(NC(=O)C(=O)O)c3C(=O)O)C2)cc1. The van der Waals surface area contributed by atoms with Crippen molar-refractivity contribution >= 4 is 75.5 Å². The molecule has 22 heteroatoms. The molecule has 2 aliphatic rings. The molecule has 4 rings (SSSR count). The van der Waals surface area contributed by atoms with Crippen molar-refractivity contribution in [1.82, 2.24) is 20.4 Å². The van der Waals surface area contributed by atoms with E-state index < -0.39 is 47.7 Å². The fourth-order valence-corrected chi connectivity index (χ4v) is 6.98. The average Bonchev–Trinajstić information content (AvgIpc) is 3.74. The molecule has 0 saturated carbocycles. The zero-order valence-electron chi connectivity index (χ0n) is 32.8. The first-order valence-electron chi connectivity index (χ1n) is 18.7. The van der Waals surface area contributed by atoms with E-state index in [1.165, 1.54) is 17.1 Å². The highest BCUT2D eigenvalue weighted by Crippen LogP contribution is 2.37. The van der Waals surface area contributed by atoms with E-state index in [1.807, 2.05) is 0 Å². The van der Waals surface area contributed by atoms with Crippen LogP contribution in [0, 0.1) is 5.92 Å². The van der Waals surface area contributed by atoms with E-state index in [9.17, 15) is 48.3 Å². The predicted molar refractivity (Wildman–Crippen MR) is 210 cm³/mol. The van der Waals surface area contributed by atoms with Crippen molar-refractivity contribution in [2.24, 2.45) is 5.92 Å². The van der Waals surface area contributed by atoms with Crippen molar-refractivity contribution in [3.63, 3.8) is 0 Å². The first-order valence-corrected chi connectivity index (χ1v) is 19.5. The molecule has 0 radical (unpaired) electrons. The average molecular weight is 859 g/mol. The number of hydrogen-bond acceptors (Lipinski definition) is 14. The molecule has 21 nitrogen and oxygen atoms in total. The monoisotopic (exact) mass is 858 g/mol. The Balaban J connectivity index is 1.09. The van der Waals surface area contributed by atoms with Crippen LogP contribution in [-0.2, 0) is 72.1 Å². The number of carbonyl (C=O) groups excluding carboxylic acids is 7. The van der Waals surface area contributed by atoms with Gasteiger partial charge in [0, 0.05) is 35.7 Å². The quantitative estimate of drug-likeness (QED) is 0.0541. The molecule has 0 fully saturated rings. The number of hydrogen-bond donors (Lipinski definition) is 6. The summed E-state index contributed by atoms with van der Waals surface area (Å²) >= 11 is 0.875. The lowest BCUT2D eigenvalue weighted by Crippen LogP contribution is -2.51. The lowest BCUT2D eigenvalue weighted by Gasteiger charge is -2.26. The third kappa shape index (κ3) is 14.0. The summed E-state index contributed by atoms with van der Waals surface area (Å²) in [6, 6.07) is 5.49. The number of carbonyl (C=O) groups is 9. The summed E-state index contributed by atoms with van der Waals surface area (Å²) in [5.74, 6) is -7.00. The number of nitrogens with zero attached hydrogens (tertiary/aromatic N) is 2. The van der Waals surface area contributed by atoms with Crippen molar-refractivity contribution in [2.75, 3.05) is 69.9 Å². The van der Waals surface area contributed by atoms with E-state index >= 15 is 0 Å². The summed E-state index contributed by atoms with van der Waals surface area (Å²) < 4.78 is 21.6. The molecule has 324 valence electrons. The number of thiophene rings is 1. The Bertz CT molecular complexity index is 1950. The Morgan fingerprint density at radius 1 is 0.833 bits per heavy atom. The number of rotatable bonds is 22. The Morgan fingerprint density at radius 2 is 1.47 bits per heavy atom. The van der Waals surface area contributed by atoms with Crippen LogP contribution in [0.1, 0.15) is 46.6 Å². The Labute approximate surface area is 347 Å². The van der Waals surface area contributed by atoms with Gasteiger partial charge in [-0.1, -0.05) is 26.0 Å². The van der Waals surface area contributed by atoms with Gasteiger partial charge in [-0.3, -0.25) is 33.7 Å². The number of imide groups is 1. The fraction of sp³-hybridized carbons (Fsp3) is 0.447. The second kappa shape index (κ2) is 22.8. The summed E-state index contributed by atoms with van der Waals surface area (Å²) in [6.07, 6.45) is 1.88. The van der Waals surface area contributed by atoms with Crippen molar-refractivity contribution in [1.29, 1.82) is 0 Å². The summed E-state index contributed by atoms with van der Waals surface area (Å²) in [5, 5.41) is 28.3. The number of nitrogens with one attached hydrogen (secondary N) is 4. The predicted octanol–water partition coefficient (Wildman–Crippen LogP) is 0.725. The second-order valence-electron chi connectivity index (χ2n) is 13.5. The van der Waals surface area contributed by atoms with E-state index in [1.54, 1.807) is 38.1 Å². The van der Waals surface area contributed by atoms with Crippen molar-refractivity contribution < 1.29 is 72.3 Å². The fourth-order valence-electron chi connectivity index (χ4n) is 5.73. The van der Waals surface area contributed by atoms with Crippen molar-refractivity contribution in [2.45, 2.75) is 45.9 Å². The number of carboxylic acid groups (broad SMARTS) is 2. The van der Waals surface area contributed by atoms with Crippen LogP contribution < -0.4 is 21.3 Å². The van der Waals surface area contributed by atoms with Crippen molar-refractivity contribution in [3.05, 3.63) is 58.0 Å². The van der Waals surface area contributed by atoms with Gasteiger partial charge in [-0.2, -0.15) is 0 Å². The first-order chi connectivity index (χ1) is 28.6. The van der Waals surface area contributed by atoms with Gasteiger partial charge in [0.25, 0.3) is 11.8 Å². The van der Waals surface area contributed by atoms with Crippen molar-refractivity contribution in [3.8, 4) is 0 Å². The number of carboxylic acids is 2. The Morgan fingerprint density at radius 3 is 2.08 bits per heavy atom. The van der Waals surface area contributed by atoms with Crippen LogP contribution in [0.5, 0.6) is 0 Å². The van der Waals surface area contributed by atoms with Crippen LogP contribution in [0.4, 0.5) is 15.5 Å². The van der Waals surface area contributed by atoms with E-state index in [0.717, 1.165) is 16.2 Å². The molecule has 0 spiro atoms. The second-order valence-corrected chi connectivity index (χ2v) is 14.6. The zero-order chi connectivity index (χ0) is 43.8. The van der Waals surface area contributed by atoms with E-state index in [-0.39, 0.29) is 114 Å². The van der Waals surface area contributed by atoms with Gasteiger partial charge in [-0.15, -0.1) is 11.3 Å². The number of aromatic carboxylic acids is 1. The number of aliphatic carboxylic acids is 1. The molecule has 60 heavy (non-hydrogen) atoms. The molecular formula is C38H46N6O15S. The molecular weight excluding hydrogens is 813 g/mol. The van der Waals surface area contributed by atoms with Crippen LogP contribution >= 0.6 is 11.3 Å². The molecule has 1 unspecified atom stereocenters. The van der Waals surface area contributed by atoms with Crippen LogP contribution in [0.25, 0.3) is 0 Å². The van der Waals surface area contributed by atoms with E-state index in [0.29, 0.717) is 21.7 Å². The third-order valence-corrected chi connectivity index (χ3v) is 9.95. The standard InChI is InChI=1S/C38H46N6O15S/c1-22(2)32(41-27(45)10-13-56-15-17-58-18-16-57-14-12-44-29(47)7-8-30(44)48)33(49)39-19-28(46)40-24-5-3-23(4-6-24)21-59-38(55)43-11-9-25-26(20-43)60-35(31(25)36(51)52)42-34(50)37(53)54/h3-8,22,32H,9-21H2,1-2H3,(H,39,49)(H,40,46)(H,41,45)(H,42,50)(H,51,52)(H,53,54). The van der Waals surface area contributed by atoms with Gasteiger partial charge in [0.1, 0.15) is 17.6 Å². The van der Waals surface area contributed by atoms with E-state index in [4.69, 9.17) is 24.1 Å². The molecule has 1 atom stereocenters. The number of anilines is 2. The number of fused-ring (bicyclic) bond motifs is 1. The van der Waals surface area contributed by atoms with Gasteiger partial charge in [-0.25, -0.2) is 14.4 Å². The highest BCUT2D eigenvalue weighted by atomic mass is 32.1. The van der Waals surface area contributed by atoms with Gasteiger partial charge in [0.05, 0.1) is 64.8 Å². The number of benzene rings is 1. The summed E-state index contributed by atoms with van der Waals surface area (Å²) in [5.41, 5.74) is 1.19. The molecule has 0 saturated heterocycles. The van der Waals surface area contributed by atoms with Crippen LogP contribution in [0.15, 0.2) is 36.4 Å². The van der Waals surface area contributed by atoms with Crippen LogP contribution in [0.2, 0.25) is 0 Å². The zero-order valence-corrected chi connectivity index (χ0v) is 33.6. The molecule has 2 aliphatic heterocycles. The molecule has 6 N–H and O–H groups in total. The van der Waals surface area contributed by atoms with E-state index in [2.05, 4.69) is 21.3 Å². The highest BCUT2D eigenvalue weighted by molar-refractivity contribution is 7.17. The lowest BCUT2D eigenvalue weighted by atomic mass is 10.0. The molecule has 1 aromatic carbocycles. The minimum Gasteiger partial charge on any atom is -0.478 e. The van der Waals surface area contributed by atoms with Gasteiger partial charge >= 0.3 is 23.9 Å². The maximum Gasteiger partial charge on any atom is 0.410 e. The minimum atomic E-state index is -1.77. The smallest absolute Gasteiger partial charge is 0.410 e. The number of ether oxygens (including phenoxy) is 4. The van der Waals surface area contributed by atoms with Gasteiger partial charge in [-0.05, 0) is 35.6 Å². The number of amides is 7. The topological polar surface area (TPSA) is 286 Å². The largest absolute Gasteiger partial charge is 0.478 e. The minimum absolute atomic E-state index is 0.00352. The highest BCUT2D eigenvalue weighted by Gasteiger charge is 2.32. The lowest BCUT2D eigenvalue weighted by molar-refractivity contribution is -0.147. The third-order valence-electron chi connectivity index (χ3n) is 8.82. The molecule has 2 aromatic rings. The molecule has 7 amide bonds. The van der Waals surface area contributed by atoms with Gasteiger partial charge in [0.2, 0.25) is 17.7 Å². The first kappa shape index (κ1) is 46.5. The molecule has 3 heterocycles. The van der Waals surface area contributed by atoms with Crippen LogP contribution in [0.3, 0.4) is 0 Å².